The number of halogens is 2. The van der Waals surface area contributed by atoms with Crippen molar-refractivity contribution >= 4 is 34.9 Å². The first-order valence-electron chi connectivity index (χ1n) is 11.5. The van der Waals surface area contributed by atoms with Crippen LogP contribution in [0.1, 0.15) is 28.3 Å². The lowest BCUT2D eigenvalue weighted by atomic mass is 9.92. The molecule has 5 rings (SSSR count). The number of allylic oxidation sites excluding steroid dienone is 1. The van der Waals surface area contributed by atoms with E-state index in [9.17, 15) is 9.90 Å². The van der Waals surface area contributed by atoms with Crippen LogP contribution >= 0.6 is 23.2 Å². The SMILES string of the molecule is C=C(O)C1CCOc2cc(Oc3ccc(C(=O)Nc4cc(-c5ccc(Cl)cc5)ccn4)cc3)c(Cl)cc21. The molecule has 0 spiro atoms. The number of rotatable bonds is 6. The fourth-order valence-corrected chi connectivity index (χ4v) is 4.46. The Morgan fingerprint density at radius 2 is 1.78 bits per heavy atom. The summed E-state index contributed by atoms with van der Waals surface area (Å²) in [5, 5.41) is 13.7. The highest BCUT2D eigenvalue weighted by Gasteiger charge is 2.26. The van der Waals surface area contributed by atoms with E-state index in [-0.39, 0.29) is 17.6 Å². The summed E-state index contributed by atoms with van der Waals surface area (Å²) in [6, 6.07) is 21.2. The van der Waals surface area contributed by atoms with E-state index in [0.29, 0.717) is 51.7 Å². The Balaban J connectivity index is 1.28. The number of ether oxygens (including phenoxy) is 2. The summed E-state index contributed by atoms with van der Waals surface area (Å²) < 4.78 is 11.7. The van der Waals surface area contributed by atoms with Gasteiger partial charge in [0.15, 0.2) is 0 Å². The smallest absolute Gasteiger partial charge is 0.256 e. The van der Waals surface area contributed by atoms with Gasteiger partial charge in [0.1, 0.15) is 23.1 Å². The van der Waals surface area contributed by atoms with Crippen molar-refractivity contribution in [3.05, 3.63) is 113 Å². The van der Waals surface area contributed by atoms with E-state index in [2.05, 4.69) is 16.9 Å². The molecule has 0 saturated heterocycles. The molecule has 1 aliphatic heterocycles. The Morgan fingerprint density at radius 3 is 2.51 bits per heavy atom. The maximum atomic E-state index is 12.8. The van der Waals surface area contributed by atoms with E-state index in [1.165, 1.54) is 0 Å². The van der Waals surface area contributed by atoms with Crippen molar-refractivity contribution in [1.29, 1.82) is 0 Å². The number of aromatic nitrogens is 1. The van der Waals surface area contributed by atoms with Gasteiger partial charge in [-0.05, 0) is 72.1 Å². The predicted molar refractivity (Wildman–Crippen MR) is 145 cm³/mol. The van der Waals surface area contributed by atoms with Crippen LogP contribution in [-0.2, 0) is 0 Å². The Hall–Kier alpha value is -4.00. The molecule has 4 aromatic rings. The second kappa shape index (κ2) is 10.5. The van der Waals surface area contributed by atoms with Crippen LogP contribution in [0.15, 0.2) is 91.3 Å². The molecule has 1 atom stereocenters. The number of pyridine rings is 1. The fourth-order valence-electron chi connectivity index (χ4n) is 4.12. The lowest BCUT2D eigenvalue weighted by Gasteiger charge is -2.26. The minimum Gasteiger partial charge on any atom is -0.512 e. The molecule has 0 bridgehead atoms. The maximum Gasteiger partial charge on any atom is 0.256 e. The number of hydrogen-bond acceptors (Lipinski definition) is 5. The van der Waals surface area contributed by atoms with Gasteiger partial charge in [0.25, 0.3) is 5.91 Å². The van der Waals surface area contributed by atoms with E-state index in [0.717, 1.165) is 16.7 Å². The number of fused-ring (bicyclic) bond motifs is 1. The van der Waals surface area contributed by atoms with Gasteiger partial charge in [-0.25, -0.2) is 4.98 Å². The molecule has 1 aliphatic rings. The van der Waals surface area contributed by atoms with Crippen molar-refractivity contribution in [3.8, 4) is 28.4 Å². The first kappa shape index (κ1) is 24.7. The van der Waals surface area contributed by atoms with Crippen LogP contribution in [0.4, 0.5) is 5.82 Å². The molecule has 6 nitrogen and oxygen atoms in total. The minimum absolute atomic E-state index is 0.0788. The van der Waals surface area contributed by atoms with Gasteiger partial charge in [-0.1, -0.05) is 41.9 Å². The van der Waals surface area contributed by atoms with E-state index in [1.807, 2.05) is 30.3 Å². The van der Waals surface area contributed by atoms with Crippen molar-refractivity contribution in [2.45, 2.75) is 12.3 Å². The van der Waals surface area contributed by atoms with Gasteiger partial charge in [-0.2, -0.15) is 0 Å². The zero-order valence-corrected chi connectivity index (χ0v) is 21.1. The average molecular weight is 533 g/mol. The Bertz CT molecular complexity index is 1470. The van der Waals surface area contributed by atoms with Crippen LogP contribution in [0.3, 0.4) is 0 Å². The molecule has 2 heterocycles. The topological polar surface area (TPSA) is 80.7 Å². The Kier molecular flexibility index (Phi) is 7.04. The van der Waals surface area contributed by atoms with Crippen LogP contribution in [0.5, 0.6) is 17.2 Å². The normalized spacial score (nSPS) is 14.3. The molecule has 0 saturated carbocycles. The van der Waals surface area contributed by atoms with Crippen molar-refractivity contribution in [2.24, 2.45) is 0 Å². The van der Waals surface area contributed by atoms with Crippen LogP contribution in [0, 0.1) is 0 Å². The predicted octanol–water partition coefficient (Wildman–Crippen LogP) is 8.04. The molecule has 0 aliphatic carbocycles. The number of aliphatic hydroxyl groups excluding tert-OH is 1. The summed E-state index contributed by atoms with van der Waals surface area (Å²) in [5.74, 6) is 1.48. The molecule has 186 valence electrons. The average Bonchev–Trinajstić information content (AvgIpc) is 2.89. The van der Waals surface area contributed by atoms with Crippen molar-refractivity contribution in [1.82, 2.24) is 4.98 Å². The monoisotopic (exact) mass is 532 g/mol. The zero-order chi connectivity index (χ0) is 25.9. The van der Waals surface area contributed by atoms with Gasteiger partial charge >= 0.3 is 0 Å². The van der Waals surface area contributed by atoms with Gasteiger partial charge in [0.05, 0.1) is 17.4 Å². The van der Waals surface area contributed by atoms with Crippen LogP contribution in [-0.4, -0.2) is 22.6 Å². The number of anilines is 1. The van der Waals surface area contributed by atoms with E-state index < -0.39 is 0 Å². The number of carbonyl (C=O) groups excluding carboxylic acids is 1. The van der Waals surface area contributed by atoms with E-state index in [1.54, 1.807) is 48.7 Å². The van der Waals surface area contributed by atoms with E-state index in [4.69, 9.17) is 32.7 Å². The molecule has 1 unspecified atom stereocenters. The summed E-state index contributed by atoms with van der Waals surface area (Å²) in [5.41, 5.74) is 3.09. The van der Waals surface area contributed by atoms with Gasteiger partial charge in [0.2, 0.25) is 0 Å². The van der Waals surface area contributed by atoms with Crippen LogP contribution in [0.25, 0.3) is 11.1 Å². The van der Waals surface area contributed by atoms with E-state index >= 15 is 0 Å². The summed E-state index contributed by atoms with van der Waals surface area (Å²) >= 11 is 12.4. The highest BCUT2D eigenvalue weighted by molar-refractivity contribution is 6.32. The Morgan fingerprint density at radius 1 is 1.03 bits per heavy atom. The third-order valence-corrected chi connectivity index (χ3v) is 6.58. The molecule has 2 N–H and O–H groups in total. The molecular formula is C29H22Cl2N2O4. The molecule has 0 radical (unpaired) electrons. The molecule has 1 amide bonds. The first-order chi connectivity index (χ1) is 17.9. The van der Waals surface area contributed by atoms with Crippen LogP contribution < -0.4 is 14.8 Å². The zero-order valence-electron chi connectivity index (χ0n) is 19.6. The number of aliphatic hydroxyl groups is 1. The third kappa shape index (κ3) is 5.56. The maximum absolute atomic E-state index is 12.8. The third-order valence-electron chi connectivity index (χ3n) is 6.03. The molecular weight excluding hydrogens is 511 g/mol. The minimum atomic E-state index is -0.303. The number of carbonyl (C=O) groups is 1. The lowest BCUT2D eigenvalue weighted by Crippen LogP contribution is -2.15. The highest BCUT2D eigenvalue weighted by Crippen LogP contribution is 2.43. The van der Waals surface area contributed by atoms with Crippen LogP contribution in [0.2, 0.25) is 10.0 Å². The van der Waals surface area contributed by atoms with Crippen molar-refractivity contribution in [3.63, 3.8) is 0 Å². The second-order valence-electron chi connectivity index (χ2n) is 8.52. The second-order valence-corrected chi connectivity index (χ2v) is 9.36. The lowest BCUT2D eigenvalue weighted by molar-refractivity contribution is 0.102. The van der Waals surface area contributed by atoms with Gasteiger partial charge < -0.3 is 19.9 Å². The van der Waals surface area contributed by atoms with Crippen molar-refractivity contribution < 1.29 is 19.4 Å². The number of hydrogen-bond donors (Lipinski definition) is 2. The standard InChI is InChI=1S/C29H22Cl2N2O4/c1-17(34)23-11-13-36-26-16-27(25(31)15-24(23)26)37-22-8-4-19(5-9-22)29(35)33-28-14-20(10-12-32-28)18-2-6-21(30)7-3-18/h2-10,12,14-16,23,34H,1,11,13H2,(H,32,33,35). The molecule has 8 heteroatoms. The number of nitrogens with zero attached hydrogens (tertiary/aromatic N) is 1. The number of nitrogens with one attached hydrogen (secondary N) is 1. The largest absolute Gasteiger partial charge is 0.512 e. The van der Waals surface area contributed by atoms with Gasteiger partial charge in [-0.3, -0.25) is 4.79 Å². The fraction of sp³-hybridized carbons (Fsp3) is 0.103. The molecule has 3 aromatic carbocycles. The molecule has 0 fully saturated rings. The summed E-state index contributed by atoms with van der Waals surface area (Å²) in [6.45, 7) is 4.11. The van der Waals surface area contributed by atoms with Gasteiger partial charge in [-0.15, -0.1) is 0 Å². The quantitative estimate of drug-likeness (QED) is 0.245. The first-order valence-corrected chi connectivity index (χ1v) is 12.3. The van der Waals surface area contributed by atoms with Crippen molar-refractivity contribution in [2.75, 3.05) is 11.9 Å². The summed E-state index contributed by atoms with van der Waals surface area (Å²) in [6.07, 6.45) is 2.27. The number of amides is 1. The molecule has 37 heavy (non-hydrogen) atoms. The highest BCUT2D eigenvalue weighted by atomic mass is 35.5. The van der Waals surface area contributed by atoms with Gasteiger partial charge in [0, 0.05) is 34.3 Å². The molecule has 1 aromatic heterocycles. The Labute approximate surface area is 224 Å². The number of benzene rings is 3. The summed E-state index contributed by atoms with van der Waals surface area (Å²) in [4.78, 5) is 17.1. The summed E-state index contributed by atoms with van der Waals surface area (Å²) in [7, 11) is 0.